The molecule has 0 N–H and O–H groups in total. The zero-order chi connectivity index (χ0) is 15.0. The second kappa shape index (κ2) is 5.18. The van der Waals surface area contributed by atoms with Gasteiger partial charge in [0.1, 0.15) is 5.56 Å². The fourth-order valence-electron chi connectivity index (χ4n) is 2.20. The molecule has 3 aromatic rings. The summed E-state index contributed by atoms with van der Waals surface area (Å²) in [5.74, 6) is -0.494. The van der Waals surface area contributed by atoms with Crippen molar-refractivity contribution < 1.29 is 9.53 Å². The van der Waals surface area contributed by atoms with E-state index in [1.54, 1.807) is 6.20 Å². The molecule has 0 saturated carbocycles. The Morgan fingerprint density at radius 1 is 1.33 bits per heavy atom. The molecule has 0 bridgehead atoms. The standard InChI is InChI=1S/C15H12ClN3O2/c1-9-5-3-4-6-10(9)12-8-19-14(17-12)11(15(20)21-2)7-13(16)18-19/h3-8H,1-2H3. The lowest BCUT2D eigenvalue weighted by Crippen LogP contribution is -2.06. The molecule has 0 aliphatic rings. The molecule has 0 aliphatic heterocycles. The molecule has 0 saturated heterocycles. The van der Waals surface area contributed by atoms with Crippen molar-refractivity contribution in [2.24, 2.45) is 0 Å². The van der Waals surface area contributed by atoms with Crippen molar-refractivity contribution in [3.8, 4) is 11.3 Å². The number of hydrogen-bond acceptors (Lipinski definition) is 4. The van der Waals surface area contributed by atoms with Crippen LogP contribution in [0.1, 0.15) is 15.9 Å². The van der Waals surface area contributed by atoms with Gasteiger partial charge in [-0.05, 0) is 18.6 Å². The van der Waals surface area contributed by atoms with Crippen molar-refractivity contribution in [3.63, 3.8) is 0 Å². The van der Waals surface area contributed by atoms with Crippen molar-refractivity contribution >= 4 is 23.2 Å². The van der Waals surface area contributed by atoms with Gasteiger partial charge >= 0.3 is 5.97 Å². The quantitative estimate of drug-likeness (QED) is 0.682. The van der Waals surface area contributed by atoms with Gasteiger partial charge in [0.25, 0.3) is 0 Å². The van der Waals surface area contributed by atoms with E-state index in [-0.39, 0.29) is 10.7 Å². The Morgan fingerprint density at radius 3 is 2.81 bits per heavy atom. The Kier molecular flexibility index (Phi) is 3.35. The zero-order valence-corrected chi connectivity index (χ0v) is 12.3. The fraction of sp³-hybridized carbons (Fsp3) is 0.133. The number of carbonyl (C=O) groups excluding carboxylic acids is 1. The average Bonchev–Trinajstić information content (AvgIpc) is 2.89. The molecule has 0 spiro atoms. The minimum absolute atomic E-state index is 0.205. The first-order valence-corrected chi connectivity index (χ1v) is 6.68. The van der Waals surface area contributed by atoms with Crippen LogP contribution in [-0.2, 0) is 4.74 Å². The summed E-state index contributed by atoms with van der Waals surface area (Å²) in [5, 5.41) is 4.35. The van der Waals surface area contributed by atoms with Crippen molar-refractivity contribution in [2.45, 2.75) is 6.92 Å². The fourth-order valence-corrected chi connectivity index (χ4v) is 2.39. The molecule has 3 rings (SSSR count). The molecule has 0 amide bonds. The third-order valence-electron chi connectivity index (χ3n) is 3.22. The minimum Gasteiger partial charge on any atom is -0.465 e. The smallest absolute Gasteiger partial charge is 0.341 e. The number of aromatic nitrogens is 3. The van der Waals surface area contributed by atoms with Gasteiger partial charge in [0.15, 0.2) is 10.8 Å². The van der Waals surface area contributed by atoms with E-state index in [0.717, 1.165) is 16.8 Å². The second-order valence-corrected chi connectivity index (χ2v) is 4.97. The monoisotopic (exact) mass is 301 g/mol. The van der Waals surface area contributed by atoms with Gasteiger partial charge in [0.2, 0.25) is 0 Å². The Labute approximate surface area is 126 Å². The highest BCUT2D eigenvalue weighted by Gasteiger charge is 2.17. The highest BCUT2D eigenvalue weighted by molar-refractivity contribution is 6.29. The van der Waals surface area contributed by atoms with E-state index in [1.807, 2.05) is 31.2 Å². The van der Waals surface area contributed by atoms with Crippen LogP contribution >= 0.6 is 11.6 Å². The topological polar surface area (TPSA) is 56.5 Å². The number of esters is 1. The minimum atomic E-state index is -0.494. The van der Waals surface area contributed by atoms with Gasteiger partial charge < -0.3 is 4.74 Å². The van der Waals surface area contributed by atoms with E-state index in [4.69, 9.17) is 16.3 Å². The molecule has 6 heteroatoms. The first-order chi connectivity index (χ1) is 10.1. The van der Waals surface area contributed by atoms with Crippen LogP contribution in [0.5, 0.6) is 0 Å². The van der Waals surface area contributed by atoms with Crippen molar-refractivity contribution in [2.75, 3.05) is 7.11 Å². The summed E-state index contributed by atoms with van der Waals surface area (Å²) in [6.07, 6.45) is 1.75. The molecule has 0 aliphatic carbocycles. The maximum Gasteiger partial charge on any atom is 0.341 e. The number of nitrogens with zero attached hydrogens (tertiary/aromatic N) is 3. The number of aryl methyl sites for hydroxylation is 1. The lowest BCUT2D eigenvalue weighted by Gasteiger charge is -2.01. The average molecular weight is 302 g/mol. The lowest BCUT2D eigenvalue weighted by molar-refractivity contribution is 0.0602. The maximum atomic E-state index is 11.8. The van der Waals surface area contributed by atoms with E-state index in [2.05, 4.69) is 10.1 Å². The van der Waals surface area contributed by atoms with Crippen LogP contribution in [0.25, 0.3) is 16.9 Å². The third kappa shape index (κ3) is 2.36. The summed E-state index contributed by atoms with van der Waals surface area (Å²) in [7, 11) is 1.32. The Morgan fingerprint density at radius 2 is 2.10 bits per heavy atom. The van der Waals surface area contributed by atoms with E-state index in [1.165, 1.54) is 17.7 Å². The predicted molar refractivity (Wildman–Crippen MR) is 79.5 cm³/mol. The molecule has 0 fully saturated rings. The van der Waals surface area contributed by atoms with Gasteiger partial charge in [0, 0.05) is 5.56 Å². The van der Waals surface area contributed by atoms with Crippen LogP contribution in [0.4, 0.5) is 0 Å². The highest BCUT2D eigenvalue weighted by atomic mass is 35.5. The van der Waals surface area contributed by atoms with Crippen molar-refractivity contribution in [3.05, 3.63) is 52.8 Å². The van der Waals surface area contributed by atoms with Gasteiger partial charge in [-0.1, -0.05) is 35.9 Å². The highest BCUT2D eigenvalue weighted by Crippen LogP contribution is 2.24. The zero-order valence-electron chi connectivity index (χ0n) is 11.5. The summed E-state index contributed by atoms with van der Waals surface area (Å²) in [4.78, 5) is 16.3. The lowest BCUT2D eigenvalue weighted by atomic mass is 10.1. The first kappa shape index (κ1) is 13.6. The van der Waals surface area contributed by atoms with E-state index in [9.17, 15) is 4.79 Å². The summed E-state index contributed by atoms with van der Waals surface area (Å²) in [6.45, 7) is 2.00. The number of benzene rings is 1. The van der Waals surface area contributed by atoms with Crippen LogP contribution < -0.4 is 0 Å². The second-order valence-electron chi connectivity index (χ2n) is 4.58. The van der Waals surface area contributed by atoms with Crippen LogP contribution in [0.2, 0.25) is 5.15 Å². The van der Waals surface area contributed by atoms with Crippen molar-refractivity contribution in [1.29, 1.82) is 0 Å². The molecule has 0 radical (unpaired) electrons. The van der Waals surface area contributed by atoms with Gasteiger partial charge in [-0.25, -0.2) is 14.3 Å². The van der Waals surface area contributed by atoms with Gasteiger partial charge in [0.05, 0.1) is 19.0 Å². The van der Waals surface area contributed by atoms with E-state index < -0.39 is 5.97 Å². The van der Waals surface area contributed by atoms with Crippen molar-refractivity contribution in [1.82, 2.24) is 14.6 Å². The van der Waals surface area contributed by atoms with Crippen LogP contribution in [0.15, 0.2) is 36.5 Å². The molecule has 2 heterocycles. The Balaban J connectivity index is 2.25. The SMILES string of the molecule is COC(=O)c1cc(Cl)nn2cc(-c3ccccc3C)nc12. The number of rotatable bonds is 2. The van der Waals surface area contributed by atoms with Gasteiger partial charge in [-0.15, -0.1) is 0 Å². The number of carbonyl (C=O) groups is 1. The number of methoxy groups -OCH3 is 1. The maximum absolute atomic E-state index is 11.8. The molecule has 1 aromatic carbocycles. The number of fused-ring (bicyclic) bond motifs is 1. The van der Waals surface area contributed by atoms with Crippen LogP contribution in [0.3, 0.4) is 0 Å². The predicted octanol–water partition coefficient (Wildman–Crippen LogP) is 3.14. The Bertz CT molecular complexity index is 842. The molecule has 5 nitrogen and oxygen atoms in total. The molecule has 21 heavy (non-hydrogen) atoms. The molecular formula is C15H12ClN3O2. The van der Waals surface area contributed by atoms with Gasteiger partial charge in [-0.2, -0.15) is 5.10 Å². The summed E-state index contributed by atoms with van der Waals surface area (Å²) >= 11 is 5.94. The Hall–Kier alpha value is -2.40. The number of imidazole rings is 1. The first-order valence-electron chi connectivity index (χ1n) is 6.30. The number of halogens is 1. The number of ether oxygens (including phenoxy) is 1. The largest absolute Gasteiger partial charge is 0.465 e. The molecule has 0 atom stereocenters. The number of hydrogen-bond donors (Lipinski definition) is 0. The summed E-state index contributed by atoms with van der Waals surface area (Å²) < 4.78 is 6.26. The third-order valence-corrected chi connectivity index (χ3v) is 3.41. The molecule has 0 unspecified atom stereocenters. The van der Waals surface area contributed by atoms with Crippen LogP contribution in [-0.4, -0.2) is 27.7 Å². The van der Waals surface area contributed by atoms with Gasteiger partial charge in [-0.3, -0.25) is 0 Å². The molecule has 2 aromatic heterocycles. The van der Waals surface area contributed by atoms with E-state index >= 15 is 0 Å². The molecule has 106 valence electrons. The summed E-state index contributed by atoms with van der Waals surface area (Å²) in [6, 6.07) is 9.33. The van der Waals surface area contributed by atoms with Crippen LogP contribution in [0, 0.1) is 6.92 Å². The molecular weight excluding hydrogens is 290 g/mol. The normalized spacial score (nSPS) is 10.8. The summed E-state index contributed by atoms with van der Waals surface area (Å²) in [5.41, 5.74) is 3.51. The van der Waals surface area contributed by atoms with E-state index in [0.29, 0.717) is 5.65 Å².